The van der Waals surface area contributed by atoms with Gasteiger partial charge in [-0.15, -0.1) is 0 Å². The minimum atomic E-state index is -0.397. The quantitative estimate of drug-likeness (QED) is 0.821. The molecule has 2 rings (SSSR count). The molecule has 0 aliphatic heterocycles. The lowest BCUT2D eigenvalue weighted by molar-refractivity contribution is 0.0973. The highest BCUT2D eigenvalue weighted by Crippen LogP contribution is 2.32. The first-order chi connectivity index (χ1) is 10.0. The Labute approximate surface area is 139 Å². The summed E-state index contributed by atoms with van der Waals surface area (Å²) in [6.45, 7) is 0. The van der Waals surface area contributed by atoms with Gasteiger partial charge < -0.3 is 10.1 Å². The zero-order valence-electron chi connectivity index (χ0n) is 11.5. The molecule has 0 saturated heterocycles. The van der Waals surface area contributed by atoms with E-state index in [1.54, 1.807) is 0 Å². The third-order valence-electron chi connectivity index (χ3n) is 3.37. The smallest absolute Gasteiger partial charge is 0.261 e. The molecule has 0 radical (unpaired) electrons. The monoisotopic (exact) mass is 346 g/mol. The fraction of sp³-hybridized carbons (Fsp3) is 0.429. The second-order valence-electron chi connectivity index (χ2n) is 4.88. The molecule has 1 saturated carbocycles. The highest BCUT2D eigenvalue weighted by Gasteiger charge is 2.20. The van der Waals surface area contributed by atoms with Crippen LogP contribution in [0.5, 0.6) is 5.75 Å². The zero-order chi connectivity index (χ0) is 15.4. The van der Waals surface area contributed by atoms with E-state index in [-0.39, 0.29) is 16.3 Å². The average molecular weight is 347 g/mol. The Morgan fingerprint density at radius 1 is 1.33 bits per heavy atom. The summed E-state index contributed by atoms with van der Waals surface area (Å²) in [6.07, 6.45) is 4.52. The molecule has 114 valence electrons. The molecule has 0 unspecified atom stereocenters. The molecule has 0 heterocycles. The second-order valence-corrected chi connectivity index (χ2v) is 6.13. The van der Waals surface area contributed by atoms with Crippen molar-refractivity contribution in [3.05, 3.63) is 27.7 Å². The van der Waals surface area contributed by atoms with Gasteiger partial charge in [0.2, 0.25) is 0 Å². The van der Waals surface area contributed by atoms with Gasteiger partial charge in [-0.25, -0.2) is 0 Å². The van der Waals surface area contributed by atoms with Crippen LogP contribution in [0.2, 0.25) is 10.0 Å². The van der Waals surface area contributed by atoms with E-state index in [1.807, 2.05) is 0 Å². The lowest BCUT2D eigenvalue weighted by Crippen LogP contribution is -2.43. The maximum Gasteiger partial charge on any atom is 0.261 e. The number of halogens is 2. The van der Waals surface area contributed by atoms with Crippen molar-refractivity contribution >= 4 is 46.4 Å². The Hall–Kier alpha value is -1.04. The first-order valence-corrected chi connectivity index (χ1v) is 7.82. The van der Waals surface area contributed by atoms with Gasteiger partial charge in [0.05, 0.1) is 17.7 Å². The lowest BCUT2D eigenvalue weighted by atomic mass is 10.2. The largest absolute Gasteiger partial charge is 0.494 e. The average Bonchev–Trinajstić information content (AvgIpc) is 2.90. The third kappa shape index (κ3) is 4.22. The third-order valence-corrected chi connectivity index (χ3v) is 4.09. The molecule has 2 N–H and O–H groups in total. The van der Waals surface area contributed by atoms with Gasteiger partial charge in [-0.1, -0.05) is 36.0 Å². The van der Waals surface area contributed by atoms with Crippen LogP contribution in [0.25, 0.3) is 0 Å². The first kappa shape index (κ1) is 16.3. The van der Waals surface area contributed by atoms with Gasteiger partial charge in [0.1, 0.15) is 5.75 Å². The van der Waals surface area contributed by atoms with Gasteiger partial charge in [0.25, 0.3) is 5.91 Å². The van der Waals surface area contributed by atoms with E-state index in [1.165, 1.54) is 32.1 Å². The van der Waals surface area contributed by atoms with Gasteiger partial charge in [-0.05, 0) is 37.2 Å². The Morgan fingerprint density at radius 3 is 2.62 bits per heavy atom. The fourth-order valence-electron chi connectivity index (χ4n) is 2.40. The van der Waals surface area contributed by atoms with Crippen LogP contribution in [0.4, 0.5) is 0 Å². The molecule has 0 aromatic heterocycles. The number of amides is 1. The first-order valence-electron chi connectivity index (χ1n) is 6.66. The zero-order valence-corrected chi connectivity index (χ0v) is 13.9. The van der Waals surface area contributed by atoms with Crippen molar-refractivity contribution in [2.24, 2.45) is 0 Å². The van der Waals surface area contributed by atoms with Gasteiger partial charge in [-0.2, -0.15) is 0 Å². The van der Waals surface area contributed by atoms with E-state index in [4.69, 9.17) is 40.2 Å². The molecular weight excluding hydrogens is 331 g/mol. The van der Waals surface area contributed by atoms with E-state index in [2.05, 4.69) is 10.6 Å². The fourth-order valence-corrected chi connectivity index (χ4v) is 3.23. The van der Waals surface area contributed by atoms with Gasteiger partial charge in [0, 0.05) is 11.1 Å². The van der Waals surface area contributed by atoms with Crippen LogP contribution in [-0.4, -0.2) is 24.2 Å². The van der Waals surface area contributed by atoms with E-state index in [0.717, 1.165) is 12.8 Å². The molecule has 1 aliphatic rings. The molecule has 1 aromatic rings. The highest BCUT2D eigenvalue weighted by atomic mass is 35.5. The Morgan fingerprint density at radius 2 is 2.00 bits per heavy atom. The number of carbonyl (C=O) groups excluding carboxylic acids is 1. The highest BCUT2D eigenvalue weighted by molar-refractivity contribution is 7.80. The number of carbonyl (C=O) groups is 1. The predicted octanol–water partition coefficient (Wildman–Crippen LogP) is 3.55. The minimum Gasteiger partial charge on any atom is -0.494 e. The predicted molar refractivity (Wildman–Crippen MR) is 88.5 cm³/mol. The van der Waals surface area contributed by atoms with E-state index >= 15 is 0 Å². The summed E-state index contributed by atoms with van der Waals surface area (Å²) in [5, 5.41) is 6.73. The van der Waals surface area contributed by atoms with Crippen LogP contribution in [0.3, 0.4) is 0 Å². The number of thiocarbonyl (C=S) groups is 1. The van der Waals surface area contributed by atoms with E-state index in [9.17, 15) is 4.79 Å². The van der Waals surface area contributed by atoms with Crippen molar-refractivity contribution in [3.8, 4) is 5.75 Å². The molecule has 0 atom stereocenters. The number of hydrogen-bond acceptors (Lipinski definition) is 3. The van der Waals surface area contributed by atoms with Crippen LogP contribution in [0.1, 0.15) is 36.0 Å². The summed E-state index contributed by atoms with van der Waals surface area (Å²) < 4.78 is 5.15. The number of nitrogens with one attached hydrogen (secondary N) is 2. The Balaban J connectivity index is 2.07. The SMILES string of the molecule is COc1c(Cl)cc(Cl)cc1C(=O)NC(=S)NC1CCCC1. The molecule has 1 amide bonds. The van der Waals surface area contributed by atoms with Crippen molar-refractivity contribution in [2.45, 2.75) is 31.7 Å². The minimum absolute atomic E-state index is 0.255. The number of methoxy groups -OCH3 is 1. The Kier molecular flexibility index (Phi) is 5.67. The molecule has 21 heavy (non-hydrogen) atoms. The van der Waals surface area contributed by atoms with Crippen LogP contribution in [0, 0.1) is 0 Å². The summed E-state index contributed by atoms with van der Waals surface area (Å²) in [5.74, 6) is -0.117. The topological polar surface area (TPSA) is 50.4 Å². The summed E-state index contributed by atoms with van der Waals surface area (Å²) in [7, 11) is 1.45. The number of benzene rings is 1. The van der Waals surface area contributed by atoms with Crippen LogP contribution in [0.15, 0.2) is 12.1 Å². The van der Waals surface area contributed by atoms with Gasteiger partial charge >= 0.3 is 0 Å². The number of hydrogen-bond donors (Lipinski definition) is 2. The normalized spacial score (nSPS) is 14.8. The van der Waals surface area contributed by atoms with Crippen molar-refractivity contribution in [3.63, 3.8) is 0 Å². The van der Waals surface area contributed by atoms with Crippen molar-refractivity contribution in [1.29, 1.82) is 0 Å². The molecular formula is C14H16Cl2N2O2S. The van der Waals surface area contributed by atoms with E-state index < -0.39 is 5.91 Å². The summed E-state index contributed by atoms with van der Waals surface area (Å²) in [6, 6.07) is 3.36. The summed E-state index contributed by atoms with van der Waals surface area (Å²) >= 11 is 17.1. The van der Waals surface area contributed by atoms with Gasteiger partial charge in [-0.3, -0.25) is 10.1 Å². The maximum atomic E-state index is 12.3. The van der Waals surface area contributed by atoms with Crippen molar-refractivity contribution < 1.29 is 9.53 Å². The molecule has 7 heteroatoms. The molecule has 1 aliphatic carbocycles. The molecule has 1 aromatic carbocycles. The molecule has 0 bridgehead atoms. The van der Waals surface area contributed by atoms with Crippen LogP contribution in [-0.2, 0) is 0 Å². The molecule has 1 fully saturated rings. The number of rotatable bonds is 3. The standard InChI is InChI=1S/C14H16Cl2N2O2S/c1-20-12-10(6-8(15)7-11(12)16)13(19)18-14(21)17-9-4-2-3-5-9/h6-7,9H,2-5H2,1H3,(H2,17,18,19,21). The lowest BCUT2D eigenvalue weighted by Gasteiger charge is -2.16. The molecule has 0 spiro atoms. The van der Waals surface area contributed by atoms with Crippen LogP contribution >= 0.6 is 35.4 Å². The van der Waals surface area contributed by atoms with E-state index in [0.29, 0.717) is 16.2 Å². The van der Waals surface area contributed by atoms with Gasteiger partial charge in [0.15, 0.2) is 5.11 Å². The number of ether oxygens (including phenoxy) is 1. The summed E-state index contributed by atoms with van der Waals surface area (Å²) in [5.41, 5.74) is 0.255. The second kappa shape index (κ2) is 7.29. The summed E-state index contributed by atoms with van der Waals surface area (Å²) in [4.78, 5) is 12.3. The van der Waals surface area contributed by atoms with Crippen molar-refractivity contribution in [1.82, 2.24) is 10.6 Å². The maximum absolute atomic E-state index is 12.3. The van der Waals surface area contributed by atoms with Crippen LogP contribution < -0.4 is 15.4 Å². The molecule has 4 nitrogen and oxygen atoms in total. The van der Waals surface area contributed by atoms with Crippen molar-refractivity contribution in [2.75, 3.05) is 7.11 Å². The Bertz CT molecular complexity index is 560.